The van der Waals surface area contributed by atoms with Crippen LogP contribution in [0.3, 0.4) is 0 Å². The highest BCUT2D eigenvalue weighted by molar-refractivity contribution is 5.92. The van der Waals surface area contributed by atoms with E-state index in [1.807, 2.05) is 26.1 Å². The summed E-state index contributed by atoms with van der Waals surface area (Å²) in [5.74, 6) is 0.628. The van der Waals surface area contributed by atoms with Gasteiger partial charge in [0, 0.05) is 25.2 Å². The largest absolute Gasteiger partial charge is 0.328 e. The molecular weight excluding hydrogens is 224 g/mol. The molecule has 2 N–H and O–H groups in total. The smallest absolute Gasteiger partial charge is 0.226 e. The number of carbonyl (C=O) groups excluding carboxylic acids is 1. The highest BCUT2D eigenvalue weighted by atomic mass is 16.2. The van der Waals surface area contributed by atoms with Crippen molar-refractivity contribution in [1.29, 1.82) is 0 Å². The van der Waals surface area contributed by atoms with Crippen LogP contribution in [0.1, 0.15) is 45.1 Å². The van der Waals surface area contributed by atoms with E-state index in [4.69, 9.17) is 5.73 Å². The minimum absolute atomic E-state index is 0.0747. The first-order valence-corrected chi connectivity index (χ1v) is 6.54. The average molecular weight is 248 g/mol. The molecule has 18 heavy (non-hydrogen) atoms. The van der Waals surface area contributed by atoms with Crippen LogP contribution in [0.15, 0.2) is 24.3 Å². The summed E-state index contributed by atoms with van der Waals surface area (Å²) in [7, 11) is 1.81. The zero-order valence-corrected chi connectivity index (χ0v) is 11.8. The molecule has 3 heteroatoms. The maximum atomic E-state index is 11.9. The van der Waals surface area contributed by atoms with Crippen molar-refractivity contribution in [3.8, 4) is 0 Å². The van der Waals surface area contributed by atoms with Crippen molar-refractivity contribution < 1.29 is 4.79 Å². The van der Waals surface area contributed by atoms with Gasteiger partial charge in [0.2, 0.25) is 5.91 Å². The van der Waals surface area contributed by atoms with Gasteiger partial charge in [0.15, 0.2) is 0 Å². The van der Waals surface area contributed by atoms with E-state index in [2.05, 4.69) is 26.0 Å². The number of benzene rings is 1. The summed E-state index contributed by atoms with van der Waals surface area (Å²) in [5, 5.41) is 0. The normalized spacial score (nSPS) is 12.6. The number of carbonyl (C=O) groups is 1. The summed E-state index contributed by atoms with van der Waals surface area (Å²) in [6.45, 7) is 6.24. The molecule has 1 amide bonds. The van der Waals surface area contributed by atoms with E-state index < -0.39 is 0 Å². The first kappa shape index (κ1) is 14.7. The van der Waals surface area contributed by atoms with Gasteiger partial charge in [-0.2, -0.15) is 0 Å². The number of anilines is 1. The average Bonchev–Trinajstić information content (AvgIpc) is 2.35. The summed E-state index contributed by atoms with van der Waals surface area (Å²) in [6, 6.07) is 8.23. The Morgan fingerprint density at radius 2 is 1.78 bits per heavy atom. The third-order valence-corrected chi connectivity index (χ3v) is 3.13. The van der Waals surface area contributed by atoms with Crippen molar-refractivity contribution in [2.24, 2.45) is 5.73 Å². The van der Waals surface area contributed by atoms with Gasteiger partial charge in [0.25, 0.3) is 0 Å². The third kappa shape index (κ3) is 4.15. The number of hydrogen-bond acceptors (Lipinski definition) is 2. The molecule has 0 aliphatic heterocycles. The lowest BCUT2D eigenvalue weighted by molar-refractivity contribution is -0.118. The lowest BCUT2D eigenvalue weighted by atomic mass is 10.0. The second kappa shape index (κ2) is 6.55. The van der Waals surface area contributed by atoms with Crippen LogP contribution in [-0.2, 0) is 4.79 Å². The molecule has 0 aromatic heterocycles. The molecule has 0 radical (unpaired) electrons. The quantitative estimate of drug-likeness (QED) is 0.871. The van der Waals surface area contributed by atoms with Crippen LogP contribution in [0.25, 0.3) is 0 Å². The molecule has 3 nitrogen and oxygen atoms in total. The molecule has 0 heterocycles. The maximum absolute atomic E-state index is 11.9. The van der Waals surface area contributed by atoms with Crippen LogP contribution in [-0.4, -0.2) is 19.0 Å². The fourth-order valence-corrected chi connectivity index (χ4v) is 1.75. The SMILES string of the molecule is CC(N)CCC(=O)N(C)c1ccc(C(C)C)cc1. The van der Waals surface area contributed by atoms with Gasteiger partial charge in [-0.15, -0.1) is 0 Å². The first-order chi connectivity index (χ1) is 8.41. The molecule has 0 fully saturated rings. The molecule has 1 unspecified atom stereocenters. The fraction of sp³-hybridized carbons (Fsp3) is 0.533. The number of rotatable bonds is 5. The van der Waals surface area contributed by atoms with Gasteiger partial charge in [0.1, 0.15) is 0 Å². The van der Waals surface area contributed by atoms with Crippen LogP contribution in [0.2, 0.25) is 0 Å². The second-order valence-corrected chi connectivity index (χ2v) is 5.21. The summed E-state index contributed by atoms with van der Waals surface area (Å²) in [5.41, 5.74) is 7.89. The first-order valence-electron chi connectivity index (χ1n) is 6.54. The minimum Gasteiger partial charge on any atom is -0.328 e. The van der Waals surface area contributed by atoms with Crippen LogP contribution in [0, 0.1) is 0 Å². The molecule has 0 saturated heterocycles. The molecule has 1 rings (SSSR count). The lowest BCUT2D eigenvalue weighted by Crippen LogP contribution is -2.28. The van der Waals surface area contributed by atoms with Crippen molar-refractivity contribution >= 4 is 11.6 Å². The van der Waals surface area contributed by atoms with Gasteiger partial charge in [-0.25, -0.2) is 0 Å². The van der Waals surface area contributed by atoms with E-state index >= 15 is 0 Å². The Kier molecular flexibility index (Phi) is 5.35. The zero-order chi connectivity index (χ0) is 13.7. The van der Waals surface area contributed by atoms with Crippen molar-refractivity contribution in [3.63, 3.8) is 0 Å². The molecule has 0 aliphatic carbocycles. The molecular formula is C15H24N2O. The van der Waals surface area contributed by atoms with Gasteiger partial charge in [-0.3, -0.25) is 4.79 Å². The highest BCUT2D eigenvalue weighted by Gasteiger charge is 2.11. The Morgan fingerprint density at radius 3 is 2.22 bits per heavy atom. The summed E-state index contributed by atoms with van der Waals surface area (Å²) < 4.78 is 0. The summed E-state index contributed by atoms with van der Waals surface area (Å²) >= 11 is 0. The molecule has 1 aromatic rings. The minimum atomic E-state index is 0.0747. The Bertz CT molecular complexity index is 382. The fourth-order valence-electron chi connectivity index (χ4n) is 1.75. The van der Waals surface area contributed by atoms with Crippen LogP contribution < -0.4 is 10.6 Å². The molecule has 0 saturated carbocycles. The Labute approximate surface area is 110 Å². The second-order valence-electron chi connectivity index (χ2n) is 5.21. The number of amides is 1. The maximum Gasteiger partial charge on any atom is 0.226 e. The van der Waals surface area contributed by atoms with E-state index in [-0.39, 0.29) is 11.9 Å². The number of nitrogens with zero attached hydrogens (tertiary/aromatic N) is 1. The van der Waals surface area contributed by atoms with Crippen LogP contribution in [0.5, 0.6) is 0 Å². The molecule has 0 aliphatic rings. The standard InChI is InChI=1S/C15H24N2O/c1-11(2)13-6-8-14(9-7-13)17(4)15(18)10-5-12(3)16/h6-9,11-12H,5,10,16H2,1-4H3. The van der Waals surface area contributed by atoms with E-state index in [0.717, 1.165) is 12.1 Å². The highest BCUT2D eigenvalue weighted by Crippen LogP contribution is 2.20. The molecule has 1 aromatic carbocycles. The number of nitrogens with two attached hydrogens (primary N) is 1. The molecule has 100 valence electrons. The summed E-state index contributed by atoms with van der Waals surface area (Å²) in [6.07, 6.45) is 1.23. The van der Waals surface area contributed by atoms with Gasteiger partial charge >= 0.3 is 0 Å². The Hall–Kier alpha value is -1.35. The van der Waals surface area contributed by atoms with E-state index in [9.17, 15) is 4.79 Å². The molecule has 0 spiro atoms. The Balaban J connectivity index is 2.66. The monoisotopic (exact) mass is 248 g/mol. The predicted octanol–water partition coefficient (Wildman–Crippen LogP) is 2.90. The lowest BCUT2D eigenvalue weighted by Gasteiger charge is -2.18. The van der Waals surface area contributed by atoms with Gasteiger partial charge in [0.05, 0.1) is 0 Å². The van der Waals surface area contributed by atoms with Gasteiger partial charge in [-0.1, -0.05) is 26.0 Å². The van der Waals surface area contributed by atoms with E-state index in [1.54, 1.807) is 4.90 Å². The Morgan fingerprint density at radius 1 is 1.22 bits per heavy atom. The number of hydrogen-bond donors (Lipinski definition) is 1. The van der Waals surface area contributed by atoms with Gasteiger partial charge < -0.3 is 10.6 Å². The predicted molar refractivity (Wildman–Crippen MR) is 76.8 cm³/mol. The van der Waals surface area contributed by atoms with Crippen molar-refractivity contribution in [1.82, 2.24) is 0 Å². The summed E-state index contributed by atoms with van der Waals surface area (Å²) in [4.78, 5) is 13.6. The van der Waals surface area contributed by atoms with E-state index in [1.165, 1.54) is 5.56 Å². The van der Waals surface area contributed by atoms with Crippen molar-refractivity contribution in [3.05, 3.63) is 29.8 Å². The molecule has 0 bridgehead atoms. The van der Waals surface area contributed by atoms with Gasteiger partial charge in [-0.05, 0) is 37.0 Å². The van der Waals surface area contributed by atoms with Crippen LogP contribution in [0.4, 0.5) is 5.69 Å². The van der Waals surface area contributed by atoms with E-state index in [0.29, 0.717) is 12.3 Å². The van der Waals surface area contributed by atoms with Crippen molar-refractivity contribution in [2.75, 3.05) is 11.9 Å². The molecule has 1 atom stereocenters. The topological polar surface area (TPSA) is 46.3 Å². The van der Waals surface area contributed by atoms with Crippen molar-refractivity contribution in [2.45, 2.75) is 45.6 Å². The van der Waals surface area contributed by atoms with Crippen LogP contribution >= 0.6 is 0 Å². The zero-order valence-electron chi connectivity index (χ0n) is 11.8. The third-order valence-electron chi connectivity index (χ3n) is 3.13.